The van der Waals surface area contributed by atoms with Crippen molar-refractivity contribution in [1.82, 2.24) is 5.43 Å². The number of ether oxygens (including phenoxy) is 1. The maximum atomic E-state index is 11.8. The van der Waals surface area contributed by atoms with Crippen LogP contribution in [0.15, 0.2) is 39.9 Å². The maximum Gasteiger partial charge on any atom is 0.312 e. The number of hydrogen-bond acceptors (Lipinski definition) is 6. The van der Waals surface area contributed by atoms with Crippen molar-refractivity contribution in [2.24, 2.45) is 5.10 Å². The normalized spacial score (nSPS) is 10.7. The van der Waals surface area contributed by atoms with Gasteiger partial charge in [0.05, 0.1) is 11.1 Å². The van der Waals surface area contributed by atoms with E-state index >= 15 is 0 Å². The Hall–Kier alpha value is -2.94. The van der Waals surface area contributed by atoms with Gasteiger partial charge in [0.15, 0.2) is 6.61 Å². The summed E-state index contributed by atoms with van der Waals surface area (Å²) in [4.78, 5) is 22.0. The van der Waals surface area contributed by atoms with Crippen molar-refractivity contribution in [3.05, 3.63) is 61.6 Å². The lowest BCUT2D eigenvalue weighted by Gasteiger charge is -2.10. The predicted molar refractivity (Wildman–Crippen MR) is 99.6 cm³/mol. The Morgan fingerprint density at radius 2 is 2.04 bits per heavy atom. The van der Waals surface area contributed by atoms with Gasteiger partial charge in [-0.05, 0) is 31.0 Å². The number of aryl methyl sites for hydroxylation is 2. The molecule has 0 fully saturated rings. The molecule has 2 aromatic rings. The fourth-order valence-corrected chi connectivity index (χ4v) is 2.68. The summed E-state index contributed by atoms with van der Waals surface area (Å²) in [6.07, 6.45) is 1.12. The summed E-state index contributed by atoms with van der Waals surface area (Å²) in [7, 11) is 0. The molecule has 2 N–H and O–H groups in total. The molecular weight excluding hydrogens is 406 g/mol. The molecule has 0 atom stereocenters. The number of carbonyl (C=O) groups excluding carboxylic acids is 1. The van der Waals surface area contributed by atoms with Crippen LogP contribution in [0.5, 0.6) is 11.5 Å². The van der Waals surface area contributed by atoms with E-state index in [4.69, 9.17) is 4.74 Å². The van der Waals surface area contributed by atoms with Crippen molar-refractivity contribution in [2.75, 3.05) is 6.61 Å². The number of nitrogens with one attached hydrogen (secondary N) is 1. The molecule has 0 spiro atoms. The van der Waals surface area contributed by atoms with Gasteiger partial charge in [0.25, 0.3) is 5.91 Å². The van der Waals surface area contributed by atoms with Crippen LogP contribution < -0.4 is 10.2 Å². The Balaban J connectivity index is 2.00. The van der Waals surface area contributed by atoms with Gasteiger partial charge in [0.1, 0.15) is 5.75 Å². The SMILES string of the molecule is Cc1cccc(C)c1OCC(=O)N/N=C/c1cc(Br)cc([N+](=O)[O-])c1O. The van der Waals surface area contributed by atoms with E-state index < -0.39 is 22.3 Å². The molecule has 0 saturated carbocycles. The highest BCUT2D eigenvalue weighted by molar-refractivity contribution is 9.10. The fourth-order valence-electron chi connectivity index (χ4n) is 2.21. The number of benzene rings is 2. The van der Waals surface area contributed by atoms with Crippen molar-refractivity contribution >= 4 is 33.7 Å². The standard InChI is InChI=1S/C17H16BrN3O5/c1-10-4-3-5-11(2)17(10)26-9-15(22)20-19-8-12-6-13(18)7-14(16(12)23)21(24)25/h3-8,23H,9H2,1-2H3,(H,20,22)/b19-8+. The van der Waals surface area contributed by atoms with Crippen molar-refractivity contribution in [3.8, 4) is 11.5 Å². The number of phenolic OH excluding ortho intramolecular Hbond substituents is 1. The quantitative estimate of drug-likeness (QED) is 0.422. The van der Waals surface area contributed by atoms with Crippen LogP contribution in [0.3, 0.4) is 0 Å². The zero-order chi connectivity index (χ0) is 19.3. The third-order valence-electron chi connectivity index (χ3n) is 3.43. The third-order valence-corrected chi connectivity index (χ3v) is 3.89. The zero-order valence-corrected chi connectivity index (χ0v) is 15.6. The third kappa shape index (κ3) is 4.79. The van der Waals surface area contributed by atoms with Crippen molar-refractivity contribution < 1.29 is 19.6 Å². The molecule has 8 nitrogen and oxygen atoms in total. The lowest BCUT2D eigenvalue weighted by Crippen LogP contribution is -2.25. The van der Waals surface area contributed by atoms with Gasteiger partial charge in [0.2, 0.25) is 5.75 Å². The van der Waals surface area contributed by atoms with Crippen LogP contribution >= 0.6 is 15.9 Å². The van der Waals surface area contributed by atoms with Gasteiger partial charge in [-0.25, -0.2) is 5.43 Å². The lowest BCUT2D eigenvalue weighted by molar-refractivity contribution is -0.385. The summed E-state index contributed by atoms with van der Waals surface area (Å²) in [5.41, 5.74) is 3.68. The molecule has 0 aliphatic heterocycles. The number of carbonyl (C=O) groups is 1. The number of aromatic hydroxyl groups is 1. The minimum Gasteiger partial charge on any atom is -0.502 e. The van der Waals surface area contributed by atoms with Crippen molar-refractivity contribution in [2.45, 2.75) is 13.8 Å². The van der Waals surface area contributed by atoms with Crippen LogP contribution in [-0.2, 0) is 4.79 Å². The molecule has 2 rings (SSSR count). The molecule has 26 heavy (non-hydrogen) atoms. The Labute approximate surface area is 157 Å². The summed E-state index contributed by atoms with van der Waals surface area (Å²) >= 11 is 3.12. The first-order valence-corrected chi connectivity index (χ1v) is 8.26. The minimum atomic E-state index is -0.714. The summed E-state index contributed by atoms with van der Waals surface area (Å²) < 4.78 is 5.89. The van der Waals surface area contributed by atoms with E-state index in [-0.39, 0.29) is 12.2 Å². The Bertz CT molecular complexity index is 863. The Morgan fingerprint density at radius 3 is 2.65 bits per heavy atom. The highest BCUT2D eigenvalue weighted by Gasteiger charge is 2.17. The van der Waals surface area contributed by atoms with Gasteiger partial charge in [-0.1, -0.05) is 34.1 Å². The average molecular weight is 422 g/mol. The van der Waals surface area contributed by atoms with Crippen LogP contribution in [0, 0.1) is 24.0 Å². The van der Waals surface area contributed by atoms with Crippen LogP contribution in [-0.4, -0.2) is 28.8 Å². The van der Waals surface area contributed by atoms with Gasteiger partial charge in [-0.15, -0.1) is 0 Å². The fraction of sp³-hybridized carbons (Fsp3) is 0.176. The van der Waals surface area contributed by atoms with E-state index in [0.29, 0.717) is 10.2 Å². The first kappa shape index (κ1) is 19.4. The van der Waals surface area contributed by atoms with Gasteiger partial charge in [0, 0.05) is 16.1 Å². The largest absolute Gasteiger partial charge is 0.502 e. The monoisotopic (exact) mass is 421 g/mol. The van der Waals surface area contributed by atoms with E-state index in [1.165, 1.54) is 12.1 Å². The van der Waals surface area contributed by atoms with Crippen LogP contribution in [0.25, 0.3) is 0 Å². The zero-order valence-electron chi connectivity index (χ0n) is 14.0. The van der Waals surface area contributed by atoms with E-state index in [2.05, 4.69) is 26.5 Å². The van der Waals surface area contributed by atoms with E-state index in [1.54, 1.807) is 0 Å². The van der Waals surface area contributed by atoms with Gasteiger partial charge >= 0.3 is 5.69 Å². The number of amides is 1. The van der Waals surface area contributed by atoms with Crippen molar-refractivity contribution in [1.29, 1.82) is 0 Å². The predicted octanol–water partition coefficient (Wildman–Crippen LogP) is 3.21. The molecule has 136 valence electrons. The second-order valence-electron chi connectivity index (χ2n) is 5.42. The van der Waals surface area contributed by atoms with Crippen LogP contribution in [0.4, 0.5) is 5.69 Å². The number of rotatable bonds is 6. The molecule has 0 bridgehead atoms. The van der Waals surface area contributed by atoms with E-state index in [9.17, 15) is 20.0 Å². The van der Waals surface area contributed by atoms with Crippen LogP contribution in [0.2, 0.25) is 0 Å². The summed E-state index contributed by atoms with van der Waals surface area (Å²) in [6.45, 7) is 3.51. The molecule has 0 unspecified atom stereocenters. The summed E-state index contributed by atoms with van der Waals surface area (Å²) in [6, 6.07) is 8.25. The number of phenols is 1. The molecular formula is C17H16BrN3O5. The average Bonchev–Trinajstić information content (AvgIpc) is 2.57. The minimum absolute atomic E-state index is 0.0852. The topological polar surface area (TPSA) is 114 Å². The summed E-state index contributed by atoms with van der Waals surface area (Å²) in [5, 5.41) is 24.4. The van der Waals surface area contributed by atoms with E-state index in [1.807, 2.05) is 32.0 Å². The molecule has 0 heterocycles. The first-order valence-electron chi connectivity index (χ1n) is 7.47. The molecule has 0 aromatic heterocycles. The van der Waals surface area contributed by atoms with Crippen LogP contribution in [0.1, 0.15) is 16.7 Å². The number of hydrazone groups is 1. The molecule has 0 radical (unpaired) electrons. The Kier molecular flexibility index (Phi) is 6.29. The van der Waals surface area contributed by atoms with Gasteiger partial charge in [-0.2, -0.15) is 5.10 Å². The number of para-hydroxylation sites is 1. The molecule has 1 amide bonds. The molecule has 9 heteroatoms. The first-order chi connectivity index (χ1) is 12.3. The molecule has 0 aliphatic rings. The number of nitrogens with zero attached hydrogens (tertiary/aromatic N) is 2. The lowest BCUT2D eigenvalue weighted by atomic mass is 10.1. The van der Waals surface area contributed by atoms with Gasteiger partial charge in [-0.3, -0.25) is 14.9 Å². The second-order valence-corrected chi connectivity index (χ2v) is 6.34. The molecule has 2 aromatic carbocycles. The molecule has 0 aliphatic carbocycles. The van der Waals surface area contributed by atoms with Crippen molar-refractivity contribution in [3.63, 3.8) is 0 Å². The number of nitro groups is 1. The smallest absolute Gasteiger partial charge is 0.312 e. The van der Waals surface area contributed by atoms with E-state index in [0.717, 1.165) is 17.3 Å². The van der Waals surface area contributed by atoms with Gasteiger partial charge < -0.3 is 9.84 Å². The number of nitro benzene ring substituents is 1. The Morgan fingerprint density at radius 1 is 1.38 bits per heavy atom. The second kappa shape index (κ2) is 8.43. The maximum absolute atomic E-state index is 11.8. The number of halogens is 1. The molecule has 0 saturated heterocycles. The summed E-state index contributed by atoms with van der Waals surface area (Å²) in [5.74, 6) is -0.414. The number of hydrogen-bond donors (Lipinski definition) is 2. The highest BCUT2D eigenvalue weighted by atomic mass is 79.9. The highest BCUT2D eigenvalue weighted by Crippen LogP contribution is 2.32.